The van der Waals surface area contributed by atoms with Crippen LogP contribution in [0.4, 0.5) is 15.8 Å². The van der Waals surface area contributed by atoms with Gasteiger partial charge in [-0.3, -0.25) is 9.48 Å². The van der Waals surface area contributed by atoms with E-state index in [9.17, 15) is 9.18 Å². The number of aromatic nitrogens is 2. The molecule has 0 radical (unpaired) electrons. The summed E-state index contributed by atoms with van der Waals surface area (Å²) in [4.78, 5) is 12.3. The molecule has 3 N–H and O–H groups in total. The molecule has 0 aliphatic heterocycles. The number of carbonyl (C=O) groups is 1. The first-order chi connectivity index (χ1) is 10.0. The number of nitrogens with two attached hydrogens (primary N) is 1. The molecule has 0 saturated heterocycles. The molecule has 1 heterocycles. The maximum absolute atomic E-state index is 13.3. The van der Waals surface area contributed by atoms with Gasteiger partial charge in [-0.25, -0.2) is 4.39 Å². The Morgan fingerprint density at radius 1 is 1.29 bits per heavy atom. The molecule has 2 aromatic carbocycles. The lowest BCUT2D eigenvalue weighted by molar-refractivity contribution is 0.102. The van der Waals surface area contributed by atoms with Gasteiger partial charge >= 0.3 is 0 Å². The summed E-state index contributed by atoms with van der Waals surface area (Å²) in [6.07, 6.45) is 0. The van der Waals surface area contributed by atoms with Crippen LogP contribution in [-0.2, 0) is 7.05 Å². The van der Waals surface area contributed by atoms with Crippen LogP contribution in [0.15, 0.2) is 42.5 Å². The van der Waals surface area contributed by atoms with Crippen LogP contribution in [0.5, 0.6) is 0 Å². The Morgan fingerprint density at radius 2 is 2.05 bits per heavy atom. The lowest BCUT2D eigenvalue weighted by Crippen LogP contribution is -2.13. The minimum absolute atomic E-state index is 0.246. The van der Waals surface area contributed by atoms with Crippen LogP contribution in [0.2, 0.25) is 0 Å². The van der Waals surface area contributed by atoms with Crippen molar-refractivity contribution in [3.05, 3.63) is 54.0 Å². The van der Waals surface area contributed by atoms with Crippen molar-refractivity contribution in [2.24, 2.45) is 7.05 Å². The van der Waals surface area contributed by atoms with Crippen molar-refractivity contribution in [2.45, 2.75) is 0 Å². The van der Waals surface area contributed by atoms with Gasteiger partial charge < -0.3 is 11.1 Å². The number of carbonyl (C=O) groups excluding carboxylic acids is 1. The zero-order chi connectivity index (χ0) is 15.0. The van der Waals surface area contributed by atoms with E-state index in [4.69, 9.17) is 5.73 Å². The molecule has 1 amide bonds. The van der Waals surface area contributed by atoms with Crippen LogP contribution in [0.1, 0.15) is 10.5 Å². The molecule has 5 nitrogen and oxygen atoms in total. The van der Waals surface area contributed by atoms with Crippen molar-refractivity contribution in [1.82, 2.24) is 9.78 Å². The Morgan fingerprint density at radius 3 is 2.81 bits per heavy atom. The lowest BCUT2D eigenvalue weighted by atomic mass is 10.2. The minimum atomic E-state index is -0.504. The molecule has 0 bridgehead atoms. The van der Waals surface area contributed by atoms with Crippen molar-refractivity contribution < 1.29 is 9.18 Å². The normalized spacial score (nSPS) is 10.8. The molecule has 0 spiro atoms. The highest BCUT2D eigenvalue weighted by Gasteiger charge is 2.16. The summed E-state index contributed by atoms with van der Waals surface area (Å²) in [5.41, 5.74) is 7.24. The van der Waals surface area contributed by atoms with E-state index in [-0.39, 0.29) is 11.4 Å². The number of para-hydroxylation sites is 1. The number of aryl methyl sites for hydroxylation is 1. The van der Waals surface area contributed by atoms with E-state index < -0.39 is 11.7 Å². The smallest absolute Gasteiger partial charge is 0.276 e. The second kappa shape index (κ2) is 4.90. The van der Waals surface area contributed by atoms with Crippen molar-refractivity contribution in [1.29, 1.82) is 0 Å². The van der Waals surface area contributed by atoms with Gasteiger partial charge in [-0.1, -0.05) is 18.2 Å². The molecule has 21 heavy (non-hydrogen) atoms. The number of amides is 1. The van der Waals surface area contributed by atoms with Crippen molar-refractivity contribution >= 4 is 28.2 Å². The maximum Gasteiger partial charge on any atom is 0.276 e. The van der Waals surface area contributed by atoms with Crippen LogP contribution < -0.4 is 11.1 Å². The highest BCUT2D eigenvalue weighted by Crippen LogP contribution is 2.20. The zero-order valence-corrected chi connectivity index (χ0v) is 11.3. The van der Waals surface area contributed by atoms with E-state index in [1.165, 1.54) is 18.2 Å². The number of halogens is 1. The van der Waals surface area contributed by atoms with Gasteiger partial charge in [0.15, 0.2) is 5.69 Å². The van der Waals surface area contributed by atoms with Crippen molar-refractivity contribution in [3.63, 3.8) is 0 Å². The summed E-state index contributed by atoms with van der Waals surface area (Å²) >= 11 is 0. The summed E-state index contributed by atoms with van der Waals surface area (Å²) < 4.78 is 14.9. The Balaban J connectivity index is 1.97. The predicted molar refractivity (Wildman–Crippen MR) is 79.5 cm³/mol. The highest BCUT2D eigenvalue weighted by atomic mass is 19.1. The van der Waals surface area contributed by atoms with Gasteiger partial charge in [0.1, 0.15) is 5.82 Å². The number of nitrogens with one attached hydrogen (secondary N) is 1. The summed E-state index contributed by atoms with van der Waals surface area (Å²) in [5.74, 6) is -0.909. The number of nitrogen functional groups attached to an aromatic ring is 1. The molecule has 106 valence electrons. The molecule has 0 aliphatic rings. The molecule has 3 rings (SSSR count). The predicted octanol–water partition coefficient (Wildman–Crippen LogP) is 2.55. The van der Waals surface area contributed by atoms with E-state index in [1.807, 2.05) is 24.3 Å². The van der Waals surface area contributed by atoms with Crippen LogP contribution in [0.25, 0.3) is 10.9 Å². The highest BCUT2D eigenvalue weighted by molar-refractivity contribution is 6.11. The Labute approximate surface area is 120 Å². The number of fused-ring (bicyclic) bond motifs is 1. The van der Waals surface area contributed by atoms with Crippen LogP contribution >= 0.6 is 0 Å². The van der Waals surface area contributed by atoms with Gasteiger partial charge in [0.2, 0.25) is 0 Å². The van der Waals surface area contributed by atoms with Crippen molar-refractivity contribution in [3.8, 4) is 0 Å². The standard InChI is InChI=1S/C15H13FN4O/c1-20-13-5-3-2-4-12(13)14(19-20)15(21)18-11-7-9(16)6-10(17)8-11/h2-8H,17H2,1H3,(H,18,21). The minimum Gasteiger partial charge on any atom is -0.399 e. The average Bonchev–Trinajstić information content (AvgIpc) is 2.76. The molecule has 1 aromatic heterocycles. The van der Waals surface area contributed by atoms with E-state index in [0.29, 0.717) is 5.69 Å². The summed E-state index contributed by atoms with van der Waals surface area (Å²) in [6.45, 7) is 0. The number of anilines is 2. The van der Waals surface area contributed by atoms with Gasteiger partial charge in [0.25, 0.3) is 5.91 Å². The van der Waals surface area contributed by atoms with Gasteiger partial charge in [0.05, 0.1) is 5.52 Å². The van der Waals surface area contributed by atoms with Crippen molar-refractivity contribution in [2.75, 3.05) is 11.1 Å². The molecular weight excluding hydrogens is 271 g/mol. The second-order valence-electron chi connectivity index (χ2n) is 4.72. The molecule has 0 atom stereocenters. The summed E-state index contributed by atoms with van der Waals surface area (Å²) in [7, 11) is 1.76. The van der Waals surface area contributed by atoms with Crippen LogP contribution in [0.3, 0.4) is 0 Å². The van der Waals surface area contributed by atoms with Gasteiger partial charge in [-0.2, -0.15) is 5.10 Å². The monoisotopic (exact) mass is 284 g/mol. The molecule has 0 saturated carbocycles. The number of rotatable bonds is 2. The van der Waals surface area contributed by atoms with Crippen LogP contribution in [-0.4, -0.2) is 15.7 Å². The fourth-order valence-corrected chi connectivity index (χ4v) is 2.26. The Kier molecular flexibility index (Phi) is 3.06. The van der Waals surface area contributed by atoms with E-state index in [0.717, 1.165) is 10.9 Å². The lowest BCUT2D eigenvalue weighted by Gasteiger charge is -2.05. The molecular formula is C15H13FN4O. The van der Waals surface area contributed by atoms with Gasteiger partial charge in [-0.05, 0) is 24.3 Å². The molecule has 3 aromatic rings. The largest absolute Gasteiger partial charge is 0.399 e. The average molecular weight is 284 g/mol. The molecule has 0 aliphatic carbocycles. The molecule has 6 heteroatoms. The van der Waals surface area contributed by atoms with Gasteiger partial charge in [0, 0.05) is 23.8 Å². The molecule has 0 unspecified atom stereocenters. The first-order valence-electron chi connectivity index (χ1n) is 6.34. The Hall–Kier alpha value is -2.89. The SMILES string of the molecule is Cn1nc(C(=O)Nc2cc(N)cc(F)c2)c2ccccc21. The first-order valence-corrected chi connectivity index (χ1v) is 6.34. The van der Waals surface area contributed by atoms with E-state index in [1.54, 1.807) is 11.7 Å². The third-order valence-electron chi connectivity index (χ3n) is 3.15. The topological polar surface area (TPSA) is 72.9 Å². The summed E-state index contributed by atoms with van der Waals surface area (Å²) in [6, 6.07) is 11.3. The van der Waals surface area contributed by atoms with E-state index in [2.05, 4.69) is 10.4 Å². The fraction of sp³-hybridized carbons (Fsp3) is 0.0667. The number of hydrogen-bond acceptors (Lipinski definition) is 3. The number of hydrogen-bond donors (Lipinski definition) is 2. The third kappa shape index (κ3) is 2.43. The zero-order valence-electron chi connectivity index (χ0n) is 11.3. The maximum atomic E-state index is 13.3. The van der Waals surface area contributed by atoms with Crippen LogP contribution in [0, 0.1) is 5.82 Å². The van der Waals surface area contributed by atoms with E-state index >= 15 is 0 Å². The first kappa shape index (κ1) is 13.1. The molecule has 0 fully saturated rings. The van der Waals surface area contributed by atoms with Gasteiger partial charge in [-0.15, -0.1) is 0 Å². The summed E-state index contributed by atoms with van der Waals surface area (Å²) in [5, 5.41) is 7.56. The fourth-order valence-electron chi connectivity index (χ4n) is 2.26. The second-order valence-corrected chi connectivity index (χ2v) is 4.72. The number of nitrogens with zero attached hydrogens (tertiary/aromatic N) is 2. The number of benzene rings is 2. The third-order valence-corrected chi connectivity index (χ3v) is 3.15. The Bertz CT molecular complexity index is 821. The quantitative estimate of drug-likeness (QED) is 0.710.